The van der Waals surface area contributed by atoms with Gasteiger partial charge in [-0.3, -0.25) is 4.79 Å². The Labute approximate surface area is 179 Å². The Morgan fingerprint density at radius 3 is 2.63 bits per heavy atom. The number of anilines is 1. The third-order valence-electron chi connectivity index (χ3n) is 4.97. The van der Waals surface area contributed by atoms with Crippen LogP contribution in [0.25, 0.3) is 6.08 Å². The summed E-state index contributed by atoms with van der Waals surface area (Å²) in [4.78, 5) is 12.6. The highest BCUT2D eigenvalue weighted by Crippen LogP contribution is 2.29. The third kappa shape index (κ3) is 6.38. The predicted molar refractivity (Wildman–Crippen MR) is 121 cm³/mol. The third-order valence-corrected chi connectivity index (χ3v) is 4.97. The van der Waals surface area contributed by atoms with Crippen LogP contribution in [0.5, 0.6) is 11.5 Å². The highest BCUT2D eigenvalue weighted by atomic mass is 16.5. The van der Waals surface area contributed by atoms with E-state index in [1.165, 1.54) is 12.8 Å². The van der Waals surface area contributed by atoms with Crippen molar-refractivity contribution in [2.75, 3.05) is 19.0 Å². The van der Waals surface area contributed by atoms with Gasteiger partial charge in [0, 0.05) is 5.69 Å². The number of carbonyl (C=O) groups excluding carboxylic acids is 1. The Bertz CT molecular complexity index is 942. The highest BCUT2D eigenvalue weighted by molar-refractivity contribution is 6.10. The van der Waals surface area contributed by atoms with Gasteiger partial charge in [-0.05, 0) is 61.2 Å². The number of nitrogens with one attached hydrogen (secondary N) is 1. The Hall–Kier alpha value is -3.26. The van der Waals surface area contributed by atoms with Crippen LogP contribution in [0, 0.1) is 25.2 Å². The fourth-order valence-corrected chi connectivity index (χ4v) is 3.00. The second-order valence-electron chi connectivity index (χ2n) is 7.19. The Balaban J connectivity index is 2.13. The molecule has 0 aliphatic heterocycles. The molecule has 0 unspecified atom stereocenters. The zero-order valence-electron chi connectivity index (χ0n) is 18.2. The molecule has 1 amide bonds. The van der Waals surface area contributed by atoms with Gasteiger partial charge >= 0.3 is 0 Å². The molecule has 1 N–H and O–H groups in total. The molecule has 0 aliphatic rings. The molecule has 0 aromatic heterocycles. The number of nitriles is 1. The van der Waals surface area contributed by atoms with Crippen molar-refractivity contribution in [2.45, 2.75) is 46.5 Å². The summed E-state index contributed by atoms with van der Waals surface area (Å²) in [6, 6.07) is 13.1. The summed E-state index contributed by atoms with van der Waals surface area (Å²) >= 11 is 0. The quantitative estimate of drug-likeness (QED) is 0.307. The SMILES string of the molecule is CCCCCCOc1ccc(/C=C(\C#N)C(=O)Nc2cccc(C)c2C)cc1OC. The molecule has 5 heteroatoms. The molecule has 0 fully saturated rings. The van der Waals surface area contributed by atoms with Crippen molar-refractivity contribution in [3.63, 3.8) is 0 Å². The number of nitrogens with zero attached hydrogens (tertiary/aromatic N) is 1. The number of hydrogen-bond acceptors (Lipinski definition) is 4. The summed E-state index contributed by atoms with van der Waals surface area (Å²) in [5, 5.41) is 12.3. The second kappa shape index (κ2) is 11.7. The van der Waals surface area contributed by atoms with Crippen molar-refractivity contribution in [3.8, 4) is 17.6 Å². The number of unbranched alkanes of at least 4 members (excludes halogenated alkanes) is 3. The zero-order chi connectivity index (χ0) is 21.9. The van der Waals surface area contributed by atoms with Gasteiger partial charge in [0.1, 0.15) is 11.6 Å². The van der Waals surface area contributed by atoms with Crippen molar-refractivity contribution in [1.29, 1.82) is 5.26 Å². The van der Waals surface area contributed by atoms with E-state index in [1.807, 2.05) is 50.2 Å². The summed E-state index contributed by atoms with van der Waals surface area (Å²) in [7, 11) is 1.57. The maximum Gasteiger partial charge on any atom is 0.266 e. The van der Waals surface area contributed by atoms with E-state index in [0.717, 1.165) is 24.0 Å². The van der Waals surface area contributed by atoms with E-state index in [0.29, 0.717) is 29.4 Å². The summed E-state index contributed by atoms with van der Waals surface area (Å²) in [5.41, 5.74) is 3.46. The normalized spacial score (nSPS) is 11.0. The topological polar surface area (TPSA) is 71.3 Å². The predicted octanol–water partition coefficient (Wildman–Crippen LogP) is 5.82. The van der Waals surface area contributed by atoms with E-state index in [-0.39, 0.29) is 5.57 Å². The van der Waals surface area contributed by atoms with Crippen LogP contribution in [0.3, 0.4) is 0 Å². The molecular formula is C25H30N2O3. The monoisotopic (exact) mass is 406 g/mol. The summed E-state index contributed by atoms with van der Waals surface area (Å²) in [6.07, 6.45) is 6.07. The molecule has 2 rings (SSSR count). The smallest absolute Gasteiger partial charge is 0.266 e. The van der Waals surface area contributed by atoms with Crippen molar-refractivity contribution in [1.82, 2.24) is 0 Å². The van der Waals surface area contributed by atoms with E-state index in [4.69, 9.17) is 9.47 Å². The zero-order valence-corrected chi connectivity index (χ0v) is 18.2. The second-order valence-corrected chi connectivity index (χ2v) is 7.19. The standard InChI is InChI=1S/C25H30N2O3/c1-5-6-7-8-14-30-23-13-12-20(16-24(23)29-4)15-21(17-26)25(28)27-22-11-9-10-18(2)19(22)3/h9-13,15-16H,5-8,14H2,1-4H3,(H,27,28)/b21-15+. The first kappa shape index (κ1) is 23.0. The minimum absolute atomic E-state index is 0.0196. The van der Waals surface area contributed by atoms with Crippen LogP contribution in [0.15, 0.2) is 42.0 Å². The molecule has 0 spiro atoms. The van der Waals surface area contributed by atoms with E-state index in [2.05, 4.69) is 12.2 Å². The van der Waals surface area contributed by atoms with Gasteiger partial charge < -0.3 is 14.8 Å². The van der Waals surface area contributed by atoms with Gasteiger partial charge in [0.05, 0.1) is 13.7 Å². The maximum absolute atomic E-state index is 12.6. The van der Waals surface area contributed by atoms with E-state index in [9.17, 15) is 10.1 Å². The first-order valence-electron chi connectivity index (χ1n) is 10.3. The van der Waals surface area contributed by atoms with Crippen molar-refractivity contribution < 1.29 is 14.3 Å². The molecule has 0 saturated heterocycles. The number of hydrogen-bond donors (Lipinski definition) is 1. The lowest BCUT2D eigenvalue weighted by atomic mass is 10.1. The molecule has 0 atom stereocenters. The van der Waals surface area contributed by atoms with Crippen LogP contribution in [0.4, 0.5) is 5.69 Å². The van der Waals surface area contributed by atoms with Gasteiger partial charge in [-0.25, -0.2) is 0 Å². The number of rotatable bonds is 10. The van der Waals surface area contributed by atoms with Crippen LogP contribution < -0.4 is 14.8 Å². The molecule has 0 radical (unpaired) electrons. The lowest BCUT2D eigenvalue weighted by Crippen LogP contribution is -2.14. The largest absolute Gasteiger partial charge is 0.493 e. The lowest BCUT2D eigenvalue weighted by molar-refractivity contribution is -0.112. The average molecular weight is 407 g/mol. The number of carbonyl (C=O) groups is 1. The first-order valence-corrected chi connectivity index (χ1v) is 10.3. The van der Waals surface area contributed by atoms with Crippen molar-refractivity contribution in [2.24, 2.45) is 0 Å². The molecule has 30 heavy (non-hydrogen) atoms. The Morgan fingerprint density at radius 1 is 1.13 bits per heavy atom. The molecular weight excluding hydrogens is 376 g/mol. The fraction of sp³-hybridized carbons (Fsp3) is 0.360. The van der Waals surface area contributed by atoms with Gasteiger partial charge in [-0.1, -0.05) is 44.4 Å². The summed E-state index contributed by atoms with van der Waals surface area (Å²) in [5.74, 6) is 0.789. The molecule has 2 aromatic carbocycles. The average Bonchev–Trinajstić information content (AvgIpc) is 2.75. The fourth-order valence-electron chi connectivity index (χ4n) is 3.00. The van der Waals surface area contributed by atoms with Crippen molar-refractivity contribution >= 4 is 17.7 Å². The molecule has 2 aromatic rings. The molecule has 158 valence electrons. The van der Waals surface area contributed by atoms with Crippen molar-refractivity contribution in [3.05, 3.63) is 58.7 Å². The van der Waals surface area contributed by atoms with Gasteiger partial charge in [0.2, 0.25) is 0 Å². The molecule has 0 saturated carbocycles. The number of ether oxygens (including phenoxy) is 2. The van der Waals surface area contributed by atoms with E-state index >= 15 is 0 Å². The molecule has 0 heterocycles. The number of benzene rings is 2. The van der Waals surface area contributed by atoms with Gasteiger partial charge in [-0.15, -0.1) is 0 Å². The minimum atomic E-state index is -0.443. The number of aryl methyl sites for hydroxylation is 1. The minimum Gasteiger partial charge on any atom is -0.493 e. The van der Waals surface area contributed by atoms with Crippen LogP contribution >= 0.6 is 0 Å². The van der Waals surface area contributed by atoms with Crippen LogP contribution in [0.1, 0.15) is 49.3 Å². The summed E-state index contributed by atoms with van der Waals surface area (Å²) in [6.45, 7) is 6.72. The van der Waals surface area contributed by atoms with Crippen LogP contribution in [-0.4, -0.2) is 19.6 Å². The van der Waals surface area contributed by atoms with E-state index < -0.39 is 5.91 Å². The molecule has 0 aliphatic carbocycles. The summed E-state index contributed by atoms with van der Waals surface area (Å²) < 4.78 is 11.2. The maximum atomic E-state index is 12.6. The Kier molecular flexibility index (Phi) is 8.96. The van der Waals surface area contributed by atoms with E-state index in [1.54, 1.807) is 19.3 Å². The van der Waals surface area contributed by atoms with Gasteiger partial charge in [0.25, 0.3) is 5.91 Å². The number of amides is 1. The highest BCUT2D eigenvalue weighted by Gasteiger charge is 2.12. The Morgan fingerprint density at radius 2 is 1.93 bits per heavy atom. The van der Waals surface area contributed by atoms with Gasteiger partial charge in [-0.2, -0.15) is 5.26 Å². The number of methoxy groups -OCH3 is 1. The first-order chi connectivity index (χ1) is 14.5. The molecule has 0 bridgehead atoms. The van der Waals surface area contributed by atoms with Crippen LogP contribution in [-0.2, 0) is 4.79 Å². The van der Waals surface area contributed by atoms with Gasteiger partial charge in [0.15, 0.2) is 11.5 Å². The lowest BCUT2D eigenvalue weighted by Gasteiger charge is -2.12. The van der Waals surface area contributed by atoms with Crippen LogP contribution in [0.2, 0.25) is 0 Å². The molecule has 5 nitrogen and oxygen atoms in total.